The van der Waals surface area contributed by atoms with E-state index >= 15 is 0 Å². The highest BCUT2D eigenvalue weighted by Crippen LogP contribution is 2.37. The van der Waals surface area contributed by atoms with Gasteiger partial charge in [-0.05, 0) is 53.3 Å². The molecule has 0 heterocycles. The smallest absolute Gasteiger partial charge is 0.122 e. The molecule has 0 fully saturated rings. The summed E-state index contributed by atoms with van der Waals surface area (Å²) in [5.41, 5.74) is 3.86. The topological polar surface area (TPSA) is 99.4 Å². The van der Waals surface area contributed by atoms with Crippen LogP contribution in [0.25, 0.3) is 0 Å². The Hall–Kier alpha value is -2.64. The Labute approximate surface area is 196 Å². The summed E-state index contributed by atoms with van der Waals surface area (Å²) in [5.74, 6) is 1.27. The quantitative estimate of drug-likeness (QED) is 0.326. The number of aliphatic hydroxyl groups is 4. The first-order chi connectivity index (χ1) is 15.8. The highest BCUT2D eigenvalue weighted by Gasteiger charge is 2.27. The maximum Gasteiger partial charge on any atom is 0.122 e. The number of hydrogen-bond acceptors (Lipinski definition) is 6. The van der Waals surface area contributed by atoms with Gasteiger partial charge in [0.25, 0.3) is 0 Å². The molecule has 4 N–H and O–H groups in total. The minimum absolute atomic E-state index is 0.0132. The van der Waals surface area contributed by atoms with Crippen LogP contribution in [0.3, 0.4) is 0 Å². The van der Waals surface area contributed by atoms with E-state index < -0.39 is 12.2 Å². The minimum Gasteiger partial charge on any atom is -0.491 e. The van der Waals surface area contributed by atoms with Crippen molar-refractivity contribution in [3.63, 3.8) is 0 Å². The van der Waals surface area contributed by atoms with Crippen LogP contribution in [0.1, 0.15) is 36.1 Å². The summed E-state index contributed by atoms with van der Waals surface area (Å²) >= 11 is 0. The number of hydrogen-bond donors (Lipinski definition) is 4. The van der Waals surface area contributed by atoms with Crippen molar-refractivity contribution in [3.05, 3.63) is 84.0 Å². The van der Waals surface area contributed by atoms with Gasteiger partial charge in [0.15, 0.2) is 0 Å². The fourth-order valence-corrected chi connectivity index (χ4v) is 3.66. The Balaban J connectivity index is 2.39. The van der Waals surface area contributed by atoms with Crippen LogP contribution in [0.2, 0.25) is 0 Å². The first kappa shape index (κ1) is 26.6. The Bertz CT molecular complexity index is 921. The zero-order valence-electron chi connectivity index (χ0n) is 19.5. The number of ether oxygens (including phenoxy) is 2. The highest BCUT2D eigenvalue weighted by atomic mass is 16.5. The largest absolute Gasteiger partial charge is 0.491 e. The second-order valence-corrected chi connectivity index (χ2v) is 8.55. The van der Waals surface area contributed by atoms with Gasteiger partial charge >= 0.3 is 0 Å². The molecule has 180 valence electrons. The standard InChI is InChI=1S/C27H36O6/c1-5-7-19-14-24(32-17-22(30)15-28)10-11-25(19)27(3,4)21-9-12-26(20(13-21)8-6-2)33-18-23(31)16-29/h5-6,9-14,22-23,28-31H,1-2,7-8,15-18H2,3-4H3. The Morgan fingerprint density at radius 3 is 2.06 bits per heavy atom. The van der Waals surface area contributed by atoms with E-state index in [2.05, 4.69) is 33.1 Å². The Morgan fingerprint density at radius 1 is 0.848 bits per heavy atom. The lowest BCUT2D eigenvalue weighted by atomic mass is 9.75. The van der Waals surface area contributed by atoms with E-state index in [1.807, 2.05) is 36.4 Å². The maximum absolute atomic E-state index is 9.62. The third kappa shape index (κ3) is 7.17. The number of allylic oxidation sites excluding steroid dienone is 2. The van der Waals surface area contributed by atoms with E-state index in [9.17, 15) is 10.2 Å². The van der Waals surface area contributed by atoms with Crippen LogP contribution in [-0.2, 0) is 18.3 Å². The molecule has 0 spiro atoms. The summed E-state index contributed by atoms with van der Waals surface area (Å²) in [6.45, 7) is 11.3. The SMILES string of the molecule is C=CCc1cc(C(C)(C)c2ccc(OCC(O)CO)cc2CC=C)ccc1OCC(O)CO. The number of aliphatic hydroxyl groups excluding tert-OH is 4. The molecule has 0 saturated heterocycles. The maximum atomic E-state index is 9.62. The summed E-state index contributed by atoms with van der Waals surface area (Å²) in [5, 5.41) is 37.2. The van der Waals surface area contributed by atoms with E-state index in [0.717, 1.165) is 22.3 Å². The zero-order chi connectivity index (χ0) is 24.4. The van der Waals surface area contributed by atoms with Crippen LogP contribution < -0.4 is 9.47 Å². The molecular formula is C27H36O6. The van der Waals surface area contributed by atoms with Crippen LogP contribution >= 0.6 is 0 Å². The lowest BCUT2D eigenvalue weighted by Gasteiger charge is -2.30. The normalized spacial score (nSPS) is 13.3. The molecule has 2 atom stereocenters. The van der Waals surface area contributed by atoms with Crippen LogP contribution in [-0.4, -0.2) is 59.1 Å². The summed E-state index contributed by atoms with van der Waals surface area (Å²) in [6, 6.07) is 11.8. The van der Waals surface area contributed by atoms with Crippen molar-refractivity contribution in [2.45, 2.75) is 44.3 Å². The van der Waals surface area contributed by atoms with Crippen LogP contribution in [0, 0.1) is 0 Å². The van der Waals surface area contributed by atoms with E-state index in [4.69, 9.17) is 19.7 Å². The fraction of sp³-hybridized carbons (Fsp3) is 0.407. The second-order valence-electron chi connectivity index (χ2n) is 8.55. The molecule has 2 aromatic carbocycles. The van der Waals surface area contributed by atoms with Crippen LogP contribution in [0.5, 0.6) is 11.5 Å². The van der Waals surface area contributed by atoms with Gasteiger partial charge in [0, 0.05) is 5.41 Å². The van der Waals surface area contributed by atoms with Gasteiger partial charge in [-0.1, -0.05) is 44.2 Å². The monoisotopic (exact) mass is 456 g/mol. The zero-order valence-corrected chi connectivity index (χ0v) is 19.5. The van der Waals surface area contributed by atoms with Crippen molar-refractivity contribution in [2.24, 2.45) is 0 Å². The van der Waals surface area contributed by atoms with E-state index in [1.165, 1.54) is 0 Å². The van der Waals surface area contributed by atoms with E-state index in [0.29, 0.717) is 24.3 Å². The second kappa shape index (κ2) is 12.6. The molecule has 0 radical (unpaired) electrons. The Morgan fingerprint density at radius 2 is 1.45 bits per heavy atom. The summed E-state index contributed by atoms with van der Waals surface area (Å²) in [6.07, 6.45) is 3.04. The van der Waals surface area contributed by atoms with E-state index in [1.54, 1.807) is 6.08 Å². The number of benzene rings is 2. The first-order valence-corrected chi connectivity index (χ1v) is 11.1. The van der Waals surface area contributed by atoms with Gasteiger partial charge in [-0.3, -0.25) is 0 Å². The van der Waals surface area contributed by atoms with E-state index in [-0.39, 0.29) is 31.8 Å². The van der Waals surface area contributed by atoms with Gasteiger partial charge in [-0.2, -0.15) is 0 Å². The van der Waals surface area contributed by atoms with Gasteiger partial charge in [-0.15, -0.1) is 13.2 Å². The number of rotatable bonds is 14. The fourth-order valence-electron chi connectivity index (χ4n) is 3.66. The molecule has 2 unspecified atom stereocenters. The van der Waals surface area contributed by atoms with Crippen molar-refractivity contribution in [1.29, 1.82) is 0 Å². The molecule has 0 saturated carbocycles. The van der Waals surface area contributed by atoms with Gasteiger partial charge in [0.05, 0.1) is 13.2 Å². The summed E-state index contributed by atoms with van der Waals surface area (Å²) in [4.78, 5) is 0. The third-order valence-electron chi connectivity index (χ3n) is 5.56. The van der Waals surface area contributed by atoms with Crippen molar-refractivity contribution >= 4 is 0 Å². The van der Waals surface area contributed by atoms with Crippen molar-refractivity contribution in [3.8, 4) is 11.5 Å². The van der Waals surface area contributed by atoms with Crippen molar-refractivity contribution < 1.29 is 29.9 Å². The lowest BCUT2D eigenvalue weighted by Crippen LogP contribution is -2.23. The molecule has 0 aromatic heterocycles. The van der Waals surface area contributed by atoms with Gasteiger partial charge in [-0.25, -0.2) is 0 Å². The molecule has 2 aromatic rings. The van der Waals surface area contributed by atoms with Gasteiger partial charge in [0.1, 0.15) is 36.9 Å². The molecule has 0 amide bonds. The predicted molar refractivity (Wildman–Crippen MR) is 130 cm³/mol. The summed E-state index contributed by atoms with van der Waals surface area (Å²) in [7, 11) is 0. The molecule has 0 aliphatic carbocycles. The highest BCUT2D eigenvalue weighted by molar-refractivity contribution is 5.49. The first-order valence-electron chi connectivity index (χ1n) is 11.1. The molecular weight excluding hydrogens is 420 g/mol. The van der Waals surface area contributed by atoms with Crippen LogP contribution in [0.4, 0.5) is 0 Å². The molecule has 0 aliphatic heterocycles. The lowest BCUT2D eigenvalue weighted by molar-refractivity contribution is 0.0533. The molecule has 0 bridgehead atoms. The van der Waals surface area contributed by atoms with Crippen LogP contribution in [0.15, 0.2) is 61.7 Å². The molecule has 6 nitrogen and oxygen atoms in total. The minimum atomic E-state index is -0.932. The molecule has 6 heteroatoms. The molecule has 33 heavy (non-hydrogen) atoms. The van der Waals surface area contributed by atoms with Crippen molar-refractivity contribution in [1.82, 2.24) is 0 Å². The summed E-state index contributed by atoms with van der Waals surface area (Å²) < 4.78 is 11.4. The molecule has 0 aliphatic rings. The Kier molecular flexibility index (Phi) is 10.1. The van der Waals surface area contributed by atoms with Gasteiger partial charge < -0.3 is 29.9 Å². The van der Waals surface area contributed by atoms with Gasteiger partial charge in [0.2, 0.25) is 0 Å². The van der Waals surface area contributed by atoms with Crippen molar-refractivity contribution in [2.75, 3.05) is 26.4 Å². The third-order valence-corrected chi connectivity index (χ3v) is 5.56. The average molecular weight is 457 g/mol. The molecule has 2 rings (SSSR count). The predicted octanol–water partition coefficient (Wildman–Crippen LogP) is 2.93. The average Bonchev–Trinajstić information content (AvgIpc) is 2.81.